The molecule has 0 aliphatic rings. The van der Waals surface area contributed by atoms with Crippen molar-refractivity contribution >= 4 is 54.6 Å². The Labute approximate surface area is 541 Å². The molecule has 0 atom stereocenters. The number of fused-ring (bicyclic) bond motifs is 7. The zero-order valence-corrected chi connectivity index (χ0v) is 51.3. The summed E-state index contributed by atoms with van der Waals surface area (Å²) < 4.78 is 15.9. The van der Waals surface area contributed by atoms with Crippen LogP contribution in [0.2, 0.25) is 0 Å². The minimum absolute atomic E-state index is 0. The number of rotatable bonds is 12. The van der Waals surface area contributed by atoms with Gasteiger partial charge in [-0.1, -0.05) is 224 Å². The standard InChI is InChI=1S/C84H53N5O.Pt/c1-6-24-57(25-7-1)61-48-62(58-26-8-2-9-27-58)51-65(50-61)71-38-23-39-72(66-52-63(59-28-10-3-11-29-59)49-64(53-66)60-30-12-4-13-31-60)83(71)87-56-86(78-42-20-21-43-79(78)87)68-34-22-35-69(54-68)90-70-44-45-74-73-36-16-18-40-76(73)89(81(74)55-70)84-82-75-37-17-19-41-77(75)88(80(82)46-47-85-84)67-32-14-5-15-33-67;/h1-53H;/q-2;. The van der Waals surface area contributed by atoms with Crippen LogP contribution in [0.15, 0.2) is 322 Å². The molecule has 0 spiro atoms. The van der Waals surface area contributed by atoms with Gasteiger partial charge in [0.1, 0.15) is 5.82 Å². The quantitative estimate of drug-likeness (QED) is 0.0903. The molecule has 432 valence electrons. The van der Waals surface area contributed by atoms with Crippen molar-refractivity contribution in [2.75, 3.05) is 0 Å². The van der Waals surface area contributed by atoms with E-state index in [0.717, 1.165) is 144 Å². The van der Waals surface area contributed by atoms with Crippen LogP contribution in [0.25, 0.3) is 144 Å². The maximum absolute atomic E-state index is 6.92. The Morgan fingerprint density at radius 3 is 1.40 bits per heavy atom. The first-order chi connectivity index (χ1) is 44.6. The summed E-state index contributed by atoms with van der Waals surface area (Å²) in [7, 11) is 0. The summed E-state index contributed by atoms with van der Waals surface area (Å²) in [5.41, 5.74) is 22.2. The van der Waals surface area contributed by atoms with Gasteiger partial charge in [0.15, 0.2) is 0 Å². The molecule has 0 N–H and O–H groups in total. The van der Waals surface area contributed by atoms with Crippen LogP contribution in [-0.4, -0.2) is 18.7 Å². The van der Waals surface area contributed by atoms with Crippen molar-refractivity contribution in [3.63, 3.8) is 0 Å². The fourth-order valence-electron chi connectivity index (χ4n) is 13.2. The number of pyridine rings is 1. The molecule has 4 aromatic heterocycles. The molecule has 17 aromatic rings. The molecule has 0 aliphatic carbocycles. The SMILES string of the molecule is [Pt].[c-]1c(Oc2[c-]c3c(cc2)c2ccccc2n3-c2nccc3c2c2ccccc2n3-c2ccccc2)cccc1-n1[c-][n+](-c2c(-c3cc(-c4ccccc4)cc(-c4ccccc4)c3)cccc2-c2cc(-c3ccccc3)cc(-c3ccccc3)c2)c2ccccc21. The number of para-hydroxylation sites is 6. The Kier molecular flexibility index (Phi) is 14.0. The van der Waals surface area contributed by atoms with Gasteiger partial charge in [0.05, 0.1) is 33.1 Å². The average Bonchev–Trinajstić information content (AvgIpc) is 1.60. The molecule has 6 nitrogen and oxygen atoms in total. The fourth-order valence-corrected chi connectivity index (χ4v) is 13.2. The number of hydrogen-bond donors (Lipinski definition) is 0. The van der Waals surface area contributed by atoms with E-state index in [9.17, 15) is 0 Å². The molecule has 0 unspecified atom stereocenters. The molecule has 0 saturated carbocycles. The number of benzene rings is 13. The molecule has 13 aromatic carbocycles. The molecule has 0 fully saturated rings. The average molecular weight is 1340 g/mol. The van der Waals surface area contributed by atoms with Gasteiger partial charge in [0.25, 0.3) is 6.33 Å². The predicted molar refractivity (Wildman–Crippen MR) is 367 cm³/mol. The summed E-state index contributed by atoms with van der Waals surface area (Å²) in [6.07, 6.45) is 5.87. The van der Waals surface area contributed by atoms with Crippen LogP contribution in [0, 0.1) is 18.5 Å². The first-order valence-electron chi connectivity index (χ1n) is 30.3. The molecule has 0 radical (unpaired) electrons. The molecule has 0 aliphatic heterocycles. The zero-order valence-electron chi connectivity index (χ0n) is 49.1. The van der Waals surface area contributed by atoms with Crippen molar-refractivity contribution < 1.29 is 30.4 Å². The number of nitrogens with zero attached hydrogens (tertiary/aromatic N) is 5. The van der Waals surface area contributed by atoms with Crippen LogP contribution >= 0.6 is 0 Å². The van der Waals surface area contributed by atoms with Crippen molar-refractivity contribution in [3.05, 3.63) is 340 Å². The maximum Gasteiger partial charge on any atom is 0.268 e. The van der Waals surface area contributed by atoms with Gasteiger partial charge in [-0.15, -0.1) is 29.7 Å². The molecule has 0 bridgehead atoms. The van der Waals surface area contributed by atoms with Gasteiger partial charge in [0.2, 0.25) is 0 Å². The van der Waals surface area contributed by atoms with E-state index in [1.807, 2.05) is 24.4 Å². The van der Waals surface area contributed by atoms with Crippen molar-refractivity contribution in [1.82, 2.24) is 18.7 Å². The van der Waals surface area contributed by atoms with Gasteiger partial charge in [-0.05, 0) is 145 Å². The van der Waals surface area contributed by atoms with Crippen molar-refractivity contribution in [2.45, 2.75) is 0 Å². The third kappa shape index (κ3) is 9.82. The minimum atomic E-state index is 0. The number of ether oxygens (including phenoxy) is 1. The van der Waals surface area contributed by atoms with Crippen molar-refractivity contribution in [3.8, 4) is 101 Å². The Morgan fingerprint density at radius 1 is 0.341 bits per heavy atom. The number of imidazole rings is 1. The predicted octanol–water partition coefficient (Wildman–Crippen LogP) is 20.7. The summed E-state index contributed by atoms with van der Waals surface area (Å²) in [4.78, 5) is 5.20. The summed E-state index contributed by atoms with van der Waals surface area (Å²) >= 11 is 0. The topological polar surface area (TPSA) is 40.8 Å². The van der Waals surface area contributed by atoms with Gasteiger partial charge < -0.3 is 18.4 Å². The Bertz CT molecular complexity index is 5300. The first kappa shape index (κ1) is 54.9. The second-order valence-electron chi connectivity index (χ2n) is 22.7. The van der Waals surface area contributed by atoms with E-state index in [0.29, 0.717) is 11.5 Å². The molecule has 4 heterocycles. The maximum atomic E-state index is 6.92. The molecule has 91 heavy (non-hydrogen) atoms. The fraction of sp³-hybridized carbons (Fsp3) is 0. The van der Waals surface area contributed by atoms with Crippen molar-refractivity contribution in [1.29, 1.82) is 0 Å². The van der Waals surface area contributed by atoms with E-state index in [1.165, 1.54) is 0 Å². The first-order valence-corrected chi connectivity index (χ1v) is 30.3. The second kappa shape index (κ2) is 23.3. The van der Waals surface area contributed by atoms with Gasteiger partial charge in [-0.25, -0.2) is 4.98 Å². The van der Waals surface area contributed by atoms with Crippen LogP contribution in [0.1, 0.15) is 0 Å². The number of hydrogen-bond acceptors (Lipinski definition) is 2. The van der Waals surface area contributed by atoms with Gasteiger partial charge in [0, 0.05) is 55.4 Å². The van der Waals surface area contributed by atoms with Crippen molar-refractivity contribution in [2.24, 2.45) is 0 Å². The van der Waals surface area contributed by atoms with Crippen LogP contribution in [0.3, 0.4) is 0 Å². The Balaban J connectivity index is 0.00000661. The van der Waals surface area contributed by atoms with Crippen LogP contribution in [-0.2, 0) is 21.1 Å². The third-order valence-corrected chi connectivity index (χ3v) is 17.3. The van der Waals surface area contributed by atoms with Gasteiger partial charge in [-0.2, -0.15) is 18.2 Å². The number of aromatic nitrogens is 5. The molecule has 17 rings (SSSR count). The monoisotopic (exact) mass is 1340 g/mol. The Hall–Kier alpha value is -11.4. The van der Waals surface area contributed by atoms with E-state index in [-0.39, 0.29) is 21.1 Å². The van der Waals surface area contributed by atoms with Crippen LogP contribution < -0.4 is 9.30 Å². The summed E-state index contributed by atoms with van der Waals surface area (Å²) in [6, 6.07) is 119. The normalized spacial score (nSPS) is 11.4. The smallest absolute Gasteiger partial charge is 0.268 e. The molecule has 7 heteroatoms. The second-order valence-corrected chi connectivity index (χ2v) is 22.7. The minimum Gasteiger partial charge on any atom is -0.510 e. The largest absolute Gasteiger partial charge is 0.510 e. The van der Waals surface area contributed by atoms with Crippen LogP contribution in [0.4, 0.5) is 0 Å². The van der Waals surface area contributed by atoms with E-state index < -0.39 is 0 Å². The summed E-state index contributed by atoms with van der Waals surface area (Å²) in [6.45, 7) is 0. The van der Waals surface area contributed by atoms with Gasteiger partial charge >= 0.3 is 0 Å². The van der Waals surface area contributed by atoms with Gasteiger partial charge in [-0.3, -0.25) is 4.57 Å². The summed E-state index contributed by atoms with van der Waals surface area (Å²) in [5.74, 6) is 1.91. The van der Waals surface area contributed by atoms with E-state index in [1.54, 1.807) is 0 Å². The Morgan fingerprint density at radius 2 is 0.813 bits per heavy atom. The third-order valence-electron chi connectivity index (χ3n) is 17.3. The van der Waals surface area contributed by atoms with E-state index in [2.05, 4.69) is 334 Å². The van der Waals surface area contributed by atoms with E-state index >= 15 is 0 Å². The van der Waals surface area contributed by atoms with Crippen LogP contribution in [0.5, 0.6) is 11.5 Å². The molecule has 0 saturated heterocycles. The zero-order chi connectivity index (χ0) is 59.5. The molecular formula is C84H53N5OPt-2. The van der Waals surface area contributed by atoms with E-state index in [4.69, 9.17) is 9.72 Å². The molecular weight excluding hydrogens is 1290 g/mol. The summed E-state index contributed by atoms with van der Waals surface area (Å²) in [5, 5.41) is 4.31. The molecule has 0 amide bonds.